The second-order valence-electron chi connectivity index (χ2n) is 6.97. The van der Waals surface area contributed by atoms with Gasteiger partial charge in [-0.15, -0.1) is 0 Å². The SMILES string of the molecule is CN(CC(C)(C)O)C(=O)C1CCCCN1Cc1ccccc1. The van der Waals surface area contributed by atoms with Crippen molar-refractivity contribution in [3.63, 3.8) is 0 Å². The summed E-state index contributed by atoms with van der Waals surface area (Å²) in [6, 6.07) is 10.2. The smallest absolute Gasteiger partial charge is 0.239 e. The van der Waals surface area contributed by atoms with Crippen LogP contribution in [0.25, 0.3) is 0 Å². The average Bonchev–Trinajstić information content (AvgIpc) is 2.46. The Hall–Kier alpha value is -1.39. The highest BCUT2D eigenvalue weighted by Crippen LogP contribution is 2.21. The van der Waals surface area contributed by atoms with Crippen LogP contribution in [0.2, 0.25) is 0 Å². The first-order valence-corrected chi connectivity index (χ1v) is 8.12. The first-order valence-electron chi connectivity index (χ1n) is 8.12. The minimum atomic E-state index is -0.858. The Morgan fingerprint density at radius 2 is 2.00 bits per heavy atom. The Kier molecular flexibility index (Phi) is 5.59. The highest BCUT2D eigenvalue weighted by atomic mass is 16.3. The molecule has 1 N–H and O–H groups in total. The highest BCUT2D eigenvalue weighted by Gasteiger charge is 2.32. The summed E-state index contributed by atoms with van der Waals surface area (Å²) in [5, 5.41) is 9.93. The molecule has 1 saturated heterocycles. The van der Waals surface area contributed by atoms with E-state index in [-0.39, 0.29) is 11.9 Å². The van der Waals surface area contributed by atoms with Crippen molar-refractivity contribution >= 4 is 5.91 Å². The number of amides is 1. The van der Waals surface area contributed by atoms with Gasteiger partial charge in [-0.2, -0.15) is 0 Å². The zero-order chi connectivity index (χ0) is 16.2. The van der Waals surface area contributed by atoms with E-state index < -0.39 is 5.60 Å². The number of aliphatic hydroxyl groups is 1. The largest absolute Gasteiger partial charge is 0.389 e. The van der Waals surface area contributed by atoms with Crippen molar-refractivity contribution in [2.24, 2.45) is 0 Å². The van der Waals surface area contributed by atoms with Crippen LogP contribution in [0.15, 0.2) is 30.3 Å². The molecule has 0 aromatic heterocycles. The summed E-state index contributed by atoms with van der Waals surface area (Å²) >= 11 is 0. The topological polar surface area (TPSA) is 43.8 Å². The van der Waals surface area contributed by atoms with Crippen molar-refractivity contribution in [1.82, 2.24) is 9.80 Å². The van der Waals surface area contributed by atoms with Gasteiger partial charge in [0, 0.05) is 20.1 Å². The lowest BCUT2D eigenvalue weighted by Gasteiger charge is -2.38. The standard InChI is InChI=1S/C18H28N2O2/c1-18(2,22)14-19(3)17(21)16-11-7-8-12-20(16)13-15-9-5-4-6-10-15/h4-6,9-10,16,22H,7-8,11-14H2,1-3H3. The molecule has 2 rings (SSSR count). The van der Waals surface area contributed by atoms with Crippen LogP contribution < -0.4 is 0 Å². The molecule has 4 nitrogen and oxygen atoms in total. The maximum atomic E-state index is 12.7. The summed E-state index contributed by atoms with van der Waals surface area (Å²) in [7, 11) is 1.79. The number of rotatable bonds is 5. The van der Waals surface area contributed by atoms with Gasteiger partial charge in [0.25, 0.3) is 0 Å². The lowest BCUT2D eigenvalue weighted by molar-refractivity contribution is -0.139. The summed E-state index contributed by atoms with van der Waals surface area (Å²) in [5.41, 5.74) is 0.385. The predicted octanol–water partition coefficient (Wildman–Crippen LogP) is 2.27. The molecule has 0 bridgehead atoms. The summed E-state index contributed by atoms with van der Waals surface area (Å²) in [6.07, 6.45) is 3.14. The van der Waals surface area contributed by atoms with Crippen LogP contribution in [0.4, 0.5) is 0 Å². The van der Waals surface area contributed by atoms with Crippen molar-refractivity contribution < 1.29 is 9.90 Å². The van der Waals surface area contributed by atoms with E-state index >= 15 is 0 Å². The van der Waals surface area contributed by atoms with Crippen LogP contribution >= 0.6 is 0 Å². The van der Waals surface area contributed by atoms with Gasteiger partial charge in [0.1, 0.15) is 0 Å². The predicted molar refractivity (Wildman–Crippen MR) is 88.4 cm³/mol. The molecule has 1 aromatic rings. The first-order chi connectivity index (χ1) is 10.4. The van der Waals surface area contributed by atoms with E-state index in [1.165, 1.54) is 5.56 Å². The molecule has 1 aromatic carbocycles. The lowest BCUT2D eigenvalue weighted by Crippen LogP contribution is -2.52. The molecule has 1 atom stereocenters. The summed E-state index contributed by atoms with van der Waals surface area (Å²) in [5.74, 6) is 0.123. The number of carbonyl (C=O) groups is 1. The number of hydrogen-bond donors (Lipinski definition) is 1. The van der Waals surface area contributed by atoms with Crippen LogP contribution in [-0.2, 0) is 11.3 Å². The molecular weight excluding hydrogens is 276 g/mol. The van der Waals surface area contributed by atoms with Crippen LogP contribution in [0.1, 0.15) is 38.7 Å². The molecule has 1 unspecified atom stereocenters. The third-order valence-corrected chi connectivity index (χ3v) is 4.13. The third kappa shape index (κ3) is 4.82. The molecule has 1 aliphatic heterocycles. The summed E-state index contributed by atoms with van der Waals surface area (Å²) in [4.78, 5) is 16.7. The molecule has 4 heteroatoms. The second-order valence-corrected chi connectivity index (χ2v) is 6.97. The van der Waals surface area contributed by atoms with Crippen LogP contribution in [0, 0.1) is 0 Å². The number of likely N-dealkylation sites (tertiary alicyclic amines) is 1. The van der Waals surface area contributed by atoms with Crippen molar-refractivity contribution in [2.45, 2.75) is 51.3 Å². The van der Waals surface area contributed by atoms with Crippen LogP contribution in [0.5, 0.6) is 0 Å². The zero-order valence-electron chi connectivity index (χ0n) is 14.0. The van der Waals surface area contributed by atoms with Crippen molar-refractivity contribution in [2.75, 3.05) is 20.1 Å². The molecule has 0 radical (unpaired) electrons. The van der Waals surface area contributed by atoms with Crippen molar-refractivity contribution in [3.8, 4) is 0 Å². The molecule has 0 aliphatic carbocycles. The van der Waals surface area contributed by atoms with Gasteiger partial charge >= 0.3 is 0 Å². The van der Waals surface area contributed by atoms with E-state index in [0.29, 0.717) is 6.54 Å². The maximum absolute atomic E-state index is 12.7. The summed E-state index contributed by atoms with van der Waals surface area (Å²) in [6.45, 7) is 5.61. The molecule has 1 aliphatic rings. The van der Waals surface area contributed by atoms with E-state index in [9.17, 15) is 9.90 Å². The Balaban J connectivity index is 2.04. The van der Waals surface area contributed by atoms with Gasteiger partial charge in [-0.1, -0.05) is 36.8 Å². The van der Waals surface area contributed by atoms with Gasteiger partial charge in [0.05, 0.1) is 11.6 Å². The number of hydrogen-bond acceptors (Lipinski definition) is 3. The Labute approximate surface area is 133 Å². The average molecular weight is 304 g/mol. The van der Waals surface area contributed by atoms with Gasteiger partial charge < -0.3 is 10.0 Å². The van der Waals surface area contributed by atoms with Gasteiger partial charge in [-0.25, -0.2) is 0 Å². The van der Waals surface area contributed by atoms with E-state index in [1.807, 2.05) is 18.2 Å². The molecule has 122 valence electrons. The quantitative estimate of drug-likeness (QED) is 0.907. The molecule has 1 heterocycles. The Bertz CT molecular complexity index is 482. The van der Waals surface area contributed by atoms with E-state index in [1.54, 1.807) is 25.8 Å². The number of likely N-dealkylation sites (N-methyl/N-ethyl adjacent to an activating group) is 1. The van der Waals surface area contributed by atoms with Crippen molar-refractivity contribution in [3.05, 3.63) is 35.9 Å². The first kappa shape index (κ1) is 17.0. The van der Waals surface area contributed by atoms with Gasteiger partial charge in [-0.05, 0) is 38.8 Å². The molecule has 0 spiro atoms. The molecule has 1 fully saturated rings. The fraction of sp³-hybridized carbons (Fsp3) is 0.611. The van der Waals surface area contributed by atoms with Crippen molar-refractivity contribution in [1.29, 1.82) is 0 Å². The van der Waals surface area contributed by atoms with E-state index in [4.69, 9.17) is 0 Å². The summed E-state index contributed by atoms with van der Waals surface area (Å²) < 4.78 is 0. The molecular formula is C18H28N2O2. The number of piperidine rings is 1. The van der Waals surface area contributed by atoms with Crippen LogP contribution in [-0.4, -0.2) is 52.6 Å². The Morgan fingerprint density at radius 3 is 2.64 bits per heavy atom. The fourth-order valence-corrected chi connectivity index (χ4v) is 3.19. The van der Waals surface area contributed by atoms with E-state index in [0.717, 1.165) is 32.4 Å². The van der Waals surface area contributed by atoms with E-state index in [2.05, 4.69) is 17.0 Å². The Morgan fingerprint density at radius 1 is 1.32 bits per heavy atom. The number of benzene rings is 1. The third-order valence-electron chi connectivity index (χ3n) is 4.13. The minimum absolute atomic E-state index is 0.0682. The number of nitrogens with zero attached hydrogens (tertiary/aromatic N) is 2. The minimum Gasteiger partial charge on any atom is -0.389 e. The fourth-order valence-electron chi connectivity index (χ4n) is 3.19. The zero-order valence-corrected chi connectivity index (χ0v) is 14.0. The van der Waals surface area contributed by atoms with Gasteiger partial charge in [-0.3, -0.25) is 9.69 Å². The second kappa shape index (κ2) is 7.25. The normalized spacial score (nSPS) is 19.9. The molecule has 1 amide bonds. The van der Waals surface area contributed by atoms with Gasteiger partial charge in [0.15, 0.2) is 0 Å². The molecule has 0 saturated carbocycles. The van der Waals surface area contributed by atoms with Crippen LogP contribution in [0.3, 0.4) is 0 Å². The maximum Gasteiger partial charge on any atom is 0.239 e. The molecule has 22 heavy (non-hydrogen) atoms. The lowest BCUT2D eigenvalue weighted by atomic mass is 9.99. The highest BCUT2D eigenvalue weighted by molar-refractivity contribution is 5.81. The van der Waals surface area contributed by atoms with Gasteiger partial charge in [0.2, 0.25) is 5.91 Å². The number of carbonyl (C=O) groups excluding carboxylic acids is 1. The monoisotopic (exact) mass is 304 g/mol.